The quantitative estimate of drug-likeness (QED) is 0.143. The van der Waals surface area contributed by atoms with Crippen LogP contribution in [-0.2, 0) is 15.6 Å². The number of carbonyl (C=O) groups is 1. The number of hydrogen-bond donors (Lipinski definition) is 4. The zero-order valence-corrected chi connectivity index (χ0v) is 38.4. The number of hydrogen-bond acceptors (Lipinski definition) is 9. The molecule has 0 radical (unpaired) electrons. The first-order chi connectivity index (χ1) is 26.5. The molecule has 2 aromatic carbocycles. The Bertz CT molecular complexity index is 2100. The molecule has 2 spiro atoms. The van der Waals surface area contributed by atoms with Crippen LogP contribution in [0.5, 0.6) is 0 Å². The van der Waals surface area contributed by atoms with Crippen LogP contribution in [-0.4, -0.2) is 31.3 Å². The maximum atomic E-state index is 12.2. The van der Waals surface area contributed by atoms with Crippen LogP contribution in [0.1, 0.15) is 160 Å². The minimum absolute atomic E-state index is 0. The monoisotopic (exact) mass is 796 g/mol. The number of nitrogens with two attached hydrogens (primary N) is 1. The number of anilines is 6. The third-order valence-corrected chi connectivity index (χ3v) is 13.8. The maximum Gasteiger partial charge on any atom is 1.00 e. The summed E-state index contributed by atoms with van der Waals surface area (Å²) in [5.41, 5.74) is 19.8. The Hall–Kier alpha value is -2.93. The summed E-state index contributed by atoms with van der Waals surface area (Å²) in [4.78, 5) is 29.4. The van der Waals surface area contributed by atoms with E-state index in [1.54, 1.807) is 22.3 Å². The van der Waals surface area contributed by atoms with Crippen LogP contribution in [0, 0.1) is 33.6 Å². The average Bonchev–Trinajstić information content (AvgIpc) is 3.93. The van der Waals surface area contributed by atoms with Crippen molar-refractivity contribution < 1.29 is 61.7 Å². The normalized spacial score (nSPS) is 20.9. The van der Waals surface area contributed by atoms with Crippen LogP contribution in [0.15, 0.2) is 36.9 Å². The fourth-order valence-electron chi connectivity index (χ4n) is 11.1. The molecule has 0 aliphatic heterocycles. The Morgan fingerprint density at radius 1 is 0.649 bits per heavy atom. The van der Waals surface area contributed by atoms with Crippen LogP contribution < -0.4 is 73.1 Å². The molecule has 2 heterocycles. The number of nitrogen functional groups attached to an aromatic ring is 1. The molecule has 57 heavy (non-hydrogen) atoms. The van der Waals surface area contributed by atoms with Gasteiger partial charge in [-0.2, -0.15) is 0 Å². The number of aromatic nitrogens is 4. The van der Waals surface area contributed by atoms with Gasteiger partial charge in [-0.25, -0.2) is 19.9 Å². The molecule has 2 unspecified atom stereocenters. The van der Waals surface area contributed by atoms with Gasteiger partial charge in [0.25, 0.3) is 0 Å². The number of carbonyl (C=O) groups excluding carboxylic acids is 1. The van der Waals surface area contributed by atoms with Crippen molar-refractivity contribution in [1.82, 2.24) is 19.9 Å². The zero-order chi connectivity index (χ0) is 38.5. The summed E-state index contributed by atoms with van der Waals surface area (Å²) in [6.45, 7) is 13.2. The predicted octanol–water partition coefficient (Wildman–Crippen LogP) is 7.85. The molecule has 2 aromatic heterocycles. The molecule has 3 fully saturated rings. The standard InChI is InChI=1S/C25H32N4O.C21H28N4.K.H2O/c1-15-11-19(12-20-21(15)16(2)13-25(20)9-5-4-6-10-25)28-22-17(3)23(27-14-26-22)29-24(30)18-7-8-18;1-13-9-16(25-20-15(3)19(22)23-12-24-20)10-17-18(13)14(2)11-21(17)7-5-4-6-8-21;;/h11-12,14,16,18H,4-10,13H2,1-3H3,(H2,26,27,28,29,30);9-10,12,14H,4-8,11H2,1-3H3,(H3,22,23,24,25);;1H2/q;;+1;/p-1. The third-order valence-electron chi connectivity index (χ3n) is 13.8. The van der Waals surface area contributed by atoms with Crippen LogP contribution >= 0.6 is 0 Å². The van der Waals surface area contributed by atoms with Gasteiger partial charge in [0.15, 0.2) is 0 Å². The second-order valence-corrected chi connectivity index (χ2v) is 17.8. The Balaban J connectivity index is 0.000000189. The van der Waals surface area contributed by atoms with Crippen LogP contribution in [0.4, 0.5) is 34.6 Å². The van der Waals surface area contributed by atoms with Gasteiger partial charge in [0.1, 0.15) is 35.9 Å². The summed E-state index contributed by atoms with van der Waals surface area (Å²) in [5, 5.41) is 10.00. The van der Waals surface area contributed by atoms with Gasteiger partial charge in [0.2, 0.25) is 5.91 Å². The van der Waals surface area contributed by atoms with E-state index in [9.17, 15) is 4.79 Å². The first-order valence-electron chi connectivity index (χ1n) is 21.0. The van der Waals surface area contributed by atoms with Crippen molar-refractivity contribution >= 4 is 40.6 Å². The maximum absolute atomic E-state index is 12.2. The topological polar surface area (TPSA) is 161 Å². The van der Waals surface area contributed by atoms with Gasteiger partial charge in [-0.1, -0.05) is 52.4 Å². The van der Waals surface area contributed by atoms with E-state index < -0.39 is 0 Å². The molecule has 1 amide bonds. The van der Waals surface area contributed by atoms with Crippen LogP contribution in [0.3, 0.4) is 0 Å². The number of nitrogens with one attached hydrogen (secondary N) is 3. The van der Waals surface area contributed by atoms with Gasteiger partial charge in [-0.05, 0) is 159 Å². The Labute approximate surface area is 382 Å². The van der Waals surface area contributed by atoms with Gasteiger partial charge < -0.3 is 27.2 Å². The molecule has 10 nitrogen and oxygen atoms in total. The van der Waals surface area contributed by atoms with Gasteiger partial charge in [-0.3, -0.25) is 4.79 Å². The number of fused-ring (bicyclic) bond motifs is 4. The molecule has 6 N–H and O–H groups in total. The minimum atomic E-state index is 0. The summed E-state index contributed by atoms with van der Waals surface area (Å²) >= 11 is 0. The summed E-state index contributed by atoms with van der Waals surface area (Å²) < 4.78 is 0. The van der Waals surface area contributed by atoms with E-state index in [0.29, 0.717) is 34.3 Å². The van der Waals surface area contributed by atoms with E-state index in [2.05, 4.69) is 87.8 Å². The van der Waals surface area contributed by atoms with Crippen molar-refractivity contribution in [2.75, 3.05) is 21.7 Å². The van der Waals surface area contributed by atoms with Gasteiger partial charge in [0, 0.05) is 28.4 Å². The van der Waals surface area contributed by atoms with E-state index in [4.69, 9.17) is 5.73 Å². The molecule has 11 heteroatoms. The molecule has 0 bridgehead atoms. The minimum Gasteiger partial charge on any atom is -0.870 e. The van der Waals surface area contributed by atoms with Crippen molar-refractivity contribution in [1.29, 1.82) is 0 Å². The second-order valence-electron chi connectivity index (χ2n) is 17.8. The van der Waals surface area contributed by atoms with E-state index in [0.717, 1.165) is 47.0 Å². The van der Waals surface area contributed by atoms with Crippen molar-refractivity contribution in [3.63, 3.8) is 0 Å². The van der Waals surface area contributed by atoms with E-state index in [-0.39, 0.29) is 68.7 Å². The molecule has 0 saturated heterocycles. The third kappa shape index (κ3) is 8.71. The number of rotatable bonds is 6. The molecule has 3 saturated carbocycles. The Kier molecular flexibility index (Phi) is 13.6. The summed E-state index contributed by atoms with van der Waals surface area (Å²) in [6.07, 6.45) is 21.1. The fourth-order valence-corrected chi connectivity index (χ4v) is 11.1. The van der Waals surface area contributed by atoms with Gasteiger partial charge >= 0.3 is 51.4 Å². The number of nitrogens with zero attached hydrogens (tertiary/aromatic N) is 4. The largest absolute Gasteiger partial charge is 1.00 e. The SMILES string of the molecule is Cc1cc(Nc2ncnc(N)c2C)cc2c1C(C)CC21CCCCC1.Cc1cc(Nc2ncnc(NC(=O)C3CC3)c2C)cc2c1C(C)CC21CCCCC1.[K+].[OH-]. The van der Waals surface area contributed by atoms with Crippen LogP contribution in [0.25, 0.3) is 0 Å². The summed E-state index contributed by atoms with van der Waals surface area (Å²) in [5.74, 6) is 4.24. The molecular formula is C46H61KN8O2. The molecular weight excluding hydrogens is 736 g/mol. The van der Waals surface area contributed by atoms with Crippen molar-refractivity contribution in [2.24, 2.45) is 5.92 Å². The van der Waals surface area contributed by atoms with E-state index in [1.807, 2.05) is 13.8 Å². The second kappa shape index (κ2) is 17.7. The van der Waals surface area contributed by atoms with Gasteiger partial charge in [0.05, 0.1) is 0 Å². The molecule has 298 valence electrons. The molecule has 9 rings (SSSR count). The molecule has 5 aliphatic carbocycles. The first kappa shape index (κ1) is 43.6. The summed E-state index contributed by atoms with van der Waals surface area (Å²) in [6, 6.07) is 9.27. The van der Waals surface area contributed by atoms with Crippen LogP contribution in [0.2, 0.25) is 0 Å². The average molecular weight is 797 g/mol. The van der Waals surface area contributed by atoms with Crippen molar-refractivity contribution in [3.05, 3.63) is 81.4 Å². The first-order valence-corrected chi connectivity index (χ1v) is 21.0. The molecule has 4 aromatic rings. The van der Waals surface area contributed by atoms with E-state index >= 15 is 0 Å². The molecule has 5 aliphatic rings. The van der Waals surface area contributed by atoms with Crippen molar-refractivity contribution in [2.45, 2.75) is 154 Å². The number of amides is 1. The Morgan fingerprint density at radius 3 is 1.56 bits per heavy atom. The smallest absolute Gasteiger partial charge is 0.870 e. The zero-order valence-electron chi connectivity index (χ0n) is 35.3. The summed E-state index contributed by atoms with van der Waals surface area (Å²) in [7, 11) is 0. The molecule has 2 atom stereocenters. The predicted molar refractivity (Wildman–Crippen MR) is 226 cm³/mol. The Morgan fingerprint density at radius 2 is 1.09 bits per heavy atom. The van der Waals surface area contributed by atoms with Crippen molar-refractivity contribution in [3.8, 4) is 0 Å². The van der Waals surface area contributed by atoms with E-state index in [1.165, 1.54) is 101 Å². The number of benzene rings is 2. The fraction of sp³-hybridized carbons (Fsp3) is 0.543. The van der Waals surface area contributed by atoms with Gasteiger partial charge in [-0.15, -0.1) is 0 Å². The number of aryl methyl sites for hydroxylation is 2.